The number of hydrogen-bond donors (Lipinski definition) is 1. The van der Waals surface area contributed by atoms with Crippen LogP contribution in [0.25, 0.3) is 0 Å². The Morgan fingerprint density at radius 2 is 2.14 bits per heavy atom. The number of ether oxygens (including phenoxy) is 1. The Hall–Kier alpha value is -2.63. The summed E-state index contributed by atoms with van der Waals surface area (Å²) >= 11 is 0. The van der Waals surface area contributed by atoms with E-state index in [2.05, 4.69) is 5.10 Å². The fraction of sp³-hybridized carbons (Fsp3) is 0.267. The number of hydrogen-bond acceptors (Lipinski definition) is 5. The molecule has 6 nitrogen and oxygen atoms in total. The van der Waals surface area contributed by atoms with E-state index in [1.165, 1.54) is 5.01 Å². The highest BCUT2D eigenvalue weighted by molar-refractivity contribution is 6.38. The van der Waals surface area contributed by atoms with Crippen molar-refractivity contribution in [2.45, 2.75) is 19.4 Å². The van der Waals surface area contributed by atoms with E-state index in [-0.39, 0.29) is 18.7 Å². The number of allylic oxidation sites excluding steroid dienone is 1. The van der Waals surface area contributed by atoms with Crippen LogP contribution in [0.15, 0.2) is 47.6 Å². The number of carbonyl (C=O) groups excluding carboxylic acids is 2. The summed E-state index contributed by atoms with van der Waals surface area (Å²) in [5.74, 6) is -1.06. The molecule has 1 atom stereocenters. The van der Waals surface area contributed by atoms with Crippen molar-refractivity contribution in [2.24, 2.45) is 10.8 Å². The number of anilines is 1. The quantitative estimate of drug-likeness (QED) is 0.652. The molecule has 0 saturated heterocycles. The number of hydrazone groups is 1. The van der Waals surface area contributed by atoms with E-state index in [9.17, 15) is 9.59 Å². The number of amides is 1. The molecule has 2 N–H and O–H groups in total. The molecule has 1 aliphatic heterocycles. The van der Waals surface area contributed by atoms with Crippen molar-refractivity contribution < 1.29 is 14.3 Å². The molecule has 6 heteroatoms. The van der Waals surface area contributed by atoms with Crippen LogP contribution in [0.3, 0.4) is 0 Å². The largest absolute Gasteiger partial charge is 0.457 e. The van der Waals surface area contributed by atoms with Gasteiger partial charge in [-0.2, -0.15) is 5.10 Å². The Balaban J connectivity index is 2.17. The maximum Gasteiger partial charge on any atom is 0.354 e. The van der Waals surface area contributed by atoms with Crippen LogP contribution in [-0.2, 0) is 14.3 Å². The van der Waals surface area contributed by atoms with Crippen LogP contribution in [0.5, 0.6) is 0 Å². The number of rotatable bonds is 5. The third-order valence-electron chi connectivity index (χ3n) is 3.04. The summed E-state index contributed by atoms with van der Waals surface area (Å²) in [6.45, 7) is 2.02. The Morgan fingerprint density at radius 1 is 1.43 bits per heavy atom. The van der Waals surface area contributed by atoms with Gasteiger partial charge in [0.2, 0.25) is 5.91 Å². The van der Waals surface area contributed by atoms with Crippen LogP contribution < -0.4 is 10.7 Å². The molecule has 1 aromatic carbocycles. The average Bonchev–Trinajstić information content (AvgIpc) is 2.94. The molecule has 2 rings (SSSR count). The highest BCUT2D eigenvalue weighted by atomic mass is 16.5. The number of nitrogens with zero attached hydrogens (tertiary/aromatic N) is 2. The first kappa shape index (κ1) is 14.8. The first-order chi connectivity index (χ1) is 10.1. The first-order valence-corrected chi connectivity index (χ1v) is 6.63. The Morgan fingerprint density at radius 3 is 2.76 bits per heavy atom. The molecular weight excluding hydrogens is 270 g/mol. The Labute approximate surface area is 122 Å². The van der Waals surface area contributed by atoms with Crippen molar-refractivity contribution in [1.29, 1.82) is 0 Å². The zero-order valence-electron chi connectivity index (χ0n) is 11.7. The Bertz CT molecular complexity index is 581. The molecule has 0 radical (unpaired) electrons. The lowest BCUT2D eigenvalue weighted by Crippen LogP contribution is -2.39. The van der Waals surface area contributed by atoms with Crippen molar-refractivity contribution in [1.82, 2.24) is 0 Å². The van der Waals surface area contributed by atoms with Crippen LogP contribution in [-0.4, -0.2) is 30.2 Å². The van der Waals surface area contributed by atoms with Gasteiger partial charge >= 0.3 is 5.97 Å². The van der Waals surface area contributed by atoms with Gasteiger partial charge in [0.25, 0.3) is 0 Å². The van der Waals surface area contributed by atoms with Crippen molar-refractivity contribution in [3.63, 3.8) is 0 Å². The van der Waals surface area contributed by atoms with E-state index in [4.69, 9.17) is 10.5 Å². The van der Waals surface area contributed by atoms with Gasteiger partial charge in [-0.15, -0.1) is 0 Å². The Kier molecular flexibility index (Phi) is 4.71. The van der Waals surface area contributed by atoms with Crippen LogP contribution in [0.4, 0.5) is 5.69 Å². The minimum Gasteiger partial charge on any atom is -0.457 e. The molecule has 21 heavy (non-hydrogen) atoms. The van der Waals surface area contributed by atoms with Gasteiger partial charge in [0, 0.05) is 6.42 Å². The van der Waals surface area contributed by atoms with Crippen LogP contribution in [0.2, 0.25) is 0 Å². The summed E-state index contributed by atoms with van der Waals surface area (Å²) in [4.78, 5) is 23.5. The molecule has 1 heterocycles. The normalized spacial score (nSPS) is 17.9. The summed E-state index contributed by atoms with van der Waals surface area (Å²) in [6, 6.07) is 8.43. The van der Waals surface area contributed by atoms with Gasteiger partial charge in [0.15, 0.2) is 0 Å². The topological polar surface area (TPSA) is 85.0 Å². The lowest BCUT2D eigenvalue weighted by Gasteiger charge is -2.20. The van der Waals surface area contributed by atoms with Crippen LogP contribution in [0.1, 0.15) is 13.3 Å². The number of benzene rings is 1. The van der Waals surface area contributed by atoms with E-state index < -0.39 is 17.9 Å². The number of esters is 1. The van der Waals surface area contributed by atoms with E-state index >= 15 is 0 Å². The minimum absolute atomic E-state index is 0.152. The van der Waals surface area contributed by atoms with Crippen molar-refractivity contribution >= 4 is 23.3 Å². The fourth-order valence-electron chi connectivity index (χ4n) is 1.98. The predicted molar refractivity (Wildman–Crippen MR) is 79.7 cm³/mol. The fourth-order valence-corrected chi connectivity index (χ4v) is 1.98. The summed E-state index contributed by atoms with van der Waals surface area (Å²) < 4.78 is 5.04. The smallest absolute Gasteiger partial charge is 0.354 e. The number of nitrogens with two attached hydrogens (primary N) is 1. The van der Waals surface area contributed by atoms with Crippen LogP contribution in [0, 0.1) is 0 Å². The first-order valence-electron chi connectivity index (χ1n) is 6.63. The second kappa shape index (κ2) is 6.69. The third kappa shape index (κ3) is 3.47. The number of carbonyl (C=O) groups is 2. The highest BCUT2D eigenvalue weighted by Gasteiger charge is 2.35. The average molecular weight is 287 g/mol. The number of para-hydroxylation sites is 1. The second-order valence-corrected chi connectivity index (χ2v) is 4.52. The molecule has 0 aliphatic carbocycles. The second-order valence-electron chi connectivity index (χ2n) is 4.52. The SMILES string of the molecule is C/C=C\COC(=O)C1=NN(c2ccccc2)[C@@H](C(N)=O)C1. The molecule has 1 aliphatic rings. The van der Waals surface area contributed by atoms with E-state index in [1.54, 1.807) is 24.3 Å². The van der Waals surface area contributed by atoms with Crippen molar-refractivity contribution in [3.05, 3.63) is 42.5 Å². The van der Waals surface area contributed by atoms with Gasteiger partial charge in [0.1, 0.15) is 18.4 Å². The molecule has 110 valence electrons. The summed E-state index contributed by atoms with van der Waals surface area (Å²) in [5, 5.41) is 5.66. The lowest BCUT2D eigenvalue weighted by molar-refractivity contribution is -0.134. The van der Waals surface area contributed by atoms with Crippen LogP contribution >= 0.6 is 0 Å². The highest BCUT2D eigenvalue weighted by Crippen LogP contribution is 2.24. The molecule has 0 spiro atoms. The number of primary amides is 1. The lowest BCUT2D eigenvalue weighted by atomic mass is 10.1. The van der Waals surface area contributed by atoms with Gasteiger partial charge in [0.05, 0.1) is 5.69 Å². The summed E-state index contributed by atoms with van der Waals surface area (Å²) in [5.41, 5.74) is 6.30. The van der Waals surface area contributed by atoms with Gasteiger partial charge in [-0.3, -0.25) is 9.80 Å². The standard InChI is InChI=1S/C15H17N3O3/c1-2-3-9-21-15(20)12-10-13(14(16)19)18(17-12)11-7-5-4-6-8-11/h2-8,13H,9-10H2,1H3,(H2,16,19)/b3-2-/t13-/m1/s1. The maximum atomic E-state index is 11.9. The van der Waals surface area contributed by atoms with E-state index in [0.717, 1.165) is 0 Å². The van der Waals surface area contributed by atoms with E-state index in [1.807, 2.05) is 25.1 Å². The maximum absolute atomic E-state index is 11.9. The zero-order chi connectivity index (χ0) is 15.2. The van der Waals surface area contributed by atoms with Gasteiger partial charge < -0.3 is 10.5 Å². The monoisotopic (exact) mass is 287 g/mol. The third-order valence-corrected chi connectivity index (χ3v) is 3.04. The van der Waals surface area contributed by atoms with Crippen molar-refractivity contribution in [2.75, 3.05) is 11.6 Å². The molecule has 0 bridgehead atoms. The molecule has 1 aromatic rings. The molecule has 0 saturated carbocycles. The summed E-state index contributed by atoms with van der Waals surface area (Å²) in [7, 11) is 0. The molecule has 1 amide bonds. The molecule has 0 aromatic heterocycles. The van der Waals surface area contributed by atoms with E-state index in [0.29, 0.717) is 5.69 Å². The zero-order valence-corrected chi connectivity index (χ0v) is 11.7. The van der Waals surface area contributed by atoms with Crippen molar-refractivity contribution in [3.8, 4) is 0 Å². The minimum atomic E-state index is -0.670. The molecular formula is C15H17N3O3. The predicted octanol–water partition coefficient (Wildman–Crippen LogP) is 1.23. The summed E-state index contributed by atoms with van der Waals surface area (Å²) in [6.07, 6.45) is 3.65. The van der Waals surface area contributed by atoms with Gasteiger partial charge in [-0.05, 0) is 19.1 Å². The van der Waals surface area contributed by atoms with Gasteiger partial charge in [-0.25, -0.2) is 4.79 Å². The molecule has 0 fully saturated rings. The van der Waals surface area contributed by atoms with Gasteiger partial charge in [-0.1, -0.05) is 30.4 Å². The molecule has 0 unspecified atom stereocenters.